The van der Waals surface area contributed by atoms with E-state index in [1.807, 2.05) is 6.92 Å². The highest BCUT2D eigenvalue weighted by molar-refractivity contribution is 5.97. The Morgan fingerprint density at radius 2 is 1.63 bits per heavy atom. The Kier molecular flexibility index (Phi) is 13.9. The van der Waals surface area contributed by atoms with Crippen molar-refractivity contribution < 1.29 is 48.6 Å². The topological polar surface area (TPSA) is 216 Å². The van der Waals surface area contributed by atoms with Crippen LogP contribution >= 0.6 is 0 Å². The first kappa shape index (κ1) is 34.5. The van der Waals surface area contributed by atoms with E-state index in [0.29, 0.717) is 29.2 Å². The van der Waals surface area contributed by atoms with E-state index in [2.05, 4.69) is 16.0 Å². The van der Waals surface area contributed by atoms with Crippen LogP contribution in [0.3, 0.4) is 0 Å². The molecule has 2 aromatic rings. The van der Waals surface area contributed by atoms with Gasteiger partial charge in [-0.05, 0) is 43.5 Å². The summed E-state index contributed by atoms with van der Waals surface area (Å²) < 4.78 is 5.62. The number of rotatable bonds is 19. The van der Waals surface area contributed by atoms with Gasteiger partial charge in [0.2, 0.25) is 12.3 Å². The number of hydrogen-bond acceptors (Lipinski definition) is 8. The fraction of sp³-hybridized carbons (Fsp3) is 0.448. The molecule has 0 spiro atoms. The van der Waals surface area contributed by atoms with Crippen molar-refractivity contribution in [3.05, 3.63) is 47.7 Å². The molecule has 2 rings (SSSR count). The highest BCUT2D eigenvalue weighted by atomic mass is 16.5. The fourth-order valence-electron chi connectivity index (χ4n) is 4.44. The normalized spacial score (nSPS) is 12.8. The summed E-state index contributed by atoms with van der Waals surface area (Å²) in [5, 5.41) is 35.9. The average molecular weight is 603 g/mol. The van der Waals surface area contributed by atoms with Crippen molar-refractivity contribution in [2.24, 2.45) is 5.92 Å². The van der Waals surface area contributed by atoms with E-state index < -0.39 is 54.1 Å². The number of furan rings is 1. The van der Waals surface area contributed by atoms with Crippen LogP contribution in [0.25, 0.3) is 11.3 Å². The van der Waals surface area contributed by atoms with Crippen molar-refractivity contribution in [1.82, 2.24) is 21.0 Å². The van der Waals surface area contributed by atoms with Crippen LogP contribution in [0.1, 0.15) is 79.7 Å². The van der Waals surface area contributed by atoms with Gasteiger partial charge in [-0.1, -0.05) is 45.2 Å². The monoisotopic (exact) mass is 602 g/mol. The van der Waals surface area contributed by atoms with Crippen molar-refractivity contribution in [3.8, 4) is 11.3 Å². The van der Waals surface area contributed by atoms with Crippen LogP contribution in [-0.2, 0) is 19.2 Å². The number of amides is 4. The van der Waals surface area contributed by atoms with E-state index in [-0.39, 0.29) is 30.8 Å². The minimum absolute atomic E-state index is 0.0396. The van der Waals surface area contributed by atoms with Gasteiger partial charge in [-0.15, -0.1) is 0 Å². The molecule has 1 aromatic heterocycles. The molecule has 0 saturated carbocycles. The van der Waals surface area contributed by atoms with Crippen molar-refractivity contribution >= 4 is 36.1 Å². The highest BCUT2D eigenvalue weighted by Crippen LogP contribution is 2.23. The van der Waals surface area contributed by atoms with Gasteiger partial charge in [-0.3, -0.25) is 29.2 Å². The number of benzene rings is 1. The van der Waals surface area contributed by atoms with Gasteiger partial charge >= 0.3 is 11.9 Å². The minimum atomic E-state index is -1.36. The molecule has 4 amide bonds. The highest BCUT2D eigenvalue weighted by Gasteiger charge is 2.30. The molecule has 234 valence electrons. The van der Waals surface area contributed by atoms with Crippen LogP contribution < -0.4 is 16.0 Å². The molecule has 14 nitrogen and oxygen atoms in total. The van der Waals surface area contributed by atoms with Gasteiger partial charge in [-0.2, -0.15) is 0 Å². The summed E-state index contributed by atoms with van der Waals surface area (Å²) in [6.07, 6.45) is 2.97. The number of hydroxylamine groups is 2. The van der Waals surface area contributed by atoms with Crippen LogP contribution in [-0.4, -0.2) is 75.3 Å². The SMILES string of the molecule is CCCCC[C@@H](C(=O)NCNC(=O)c1ccc(-c2ccc(C(=O)N[C@@H](CCC(=O)O)C(=O)O)cc2)o1)[C@@H](CC)N(O)C=O. The van der Waals surface area contributed by atoms with Crippen LogP contribution in [0.4, 0.5) is 0 Å². The quantitative estimate of drug-likeness (QED) is 0.0454. The van der Waals surface area contributed by atoms with Crippen LogP contribution in [0.5, 0.6) is 0 Å². The lowest BCUT2D eigenvalue weighted by Gasteiger charge is -2.29. The third-order valence-corrected chi connectivity index (χ3v) is 6.81. The summed E-state index contributed by atoms with van der Waals surface area (Å²) in [7, 11) is 0. The number of nitrogens with zero attached hydrogens (tertiary/aromatic N) is 1. The molecule has 0 saturated heterocycles. The van der Waals surface area contributed by atoms with Crippen LogP contribution in [0, 0.1) is 5.92 Å². The first-order valence-corrected chi connectivity index (χ1v) is 14.0. The minimum Gasteiger partial charge on any atom is -0.481 e. The number of carbonyl (C=O) groups is 6. The average Bonchev–Trinajstić information content (AvgIpc) is 3.49. The number of carboxylic acid groups (broad SMARTS) is 2. The fourth-order valence-corrected chi connectivity index (χ4v) is 4.44. The standard InChI is InChI=1S/C29H38N4O10/c1-3-5-6-7-20(22(4-2)33(42)17-34)27(38)30-16-31-28(39)24-14-13-23(43-24)18-8-10-19(11-9-18)26(37)32-21(29(40)41)12-15-25(35)36/h8-11,13-14,17,20-22,42H,3-7,12,15-16H2,1-2H3,(H,30,38)(H,31,39)(H,32,37)(H,35,36)(H,40,41)/t20-,21+,22-/m1/s1. The van der Waals surface area contributed by atoms with Crippen LogP contribution in [0.15, 0.2) is 40.8 Å². The number of nitrogens with one attached hydrogen (secondary N) is 3. The predicted molar refractivity (Wildman–Crippen MR) is 152 cm³/mol. The number of aliphatic carboxylic acids is 2. The molecule has 0 aliphatic carbocycles. The van der Waals surface area contributed by atoms with E-state index in [1.54, 1.807) is 13.0 Å². The van der Waals surface area contributed by atoms with E-state index in [1.165, 1.54) is 30.3 Å². The summed E-state index contributed by atoms with van der Waals surface area (Å²) in [5.74, 6) is -4.63. The summed E-state index contributed by atoms with van der Waals surface area (Å²) in [5.41, 5.74) is 0.662. The third kappa shape index (κ3) is 10.6. The molecule has 43 heavy (non-hydrogen) atoms. The zero-order chi connectivity index (χ0) is 31.9. The Balaban J connectivity index is 1.97. The van der Waals surface area contributed by atoms with Gasteiger partial charge in [-0.25, -0.2) is 9.86 Å². The van der Waals surface area contributed by atoms with Crippen molar-refractivity contribution in [1.29, 1.82) is 0 Å². The number of unbranched alkanes of at least 4 members (excludes halogenated alkanes) is 2. The molecule has 0 unspecified atom stereocenters. The predicted octanol–water partition coefficient (Wildman–Crippen LogP) is 2.62. The summed E-state index contributed by atoms with van der Waals surface area (Å²) in [6.45, 7) is 3.57. The molecular formula is C29H38N4O10. The molecule has 0 aliphatic heterocycles. The van der Waals surface area contributed by atoms with Gasteiger partial charge in [0.1, 0.15) is 11.8 Å². The number of carbonyl (C=O) groups excluding carboxylic acids is 4. The Morgan fingerprint density at radius 1 is 0.930 bits per heavy atom. The molecule has 14 heteroatoms. The van der Waals surface area contributed by atoms with Gasteiger partial charge in [0, 0.05) is 17.5 Å². The molecule has 0 aliphatic rings. The number of hydrogen-bond donors (Lipinski definition) is 6. The molecule has 1 heterocycles. The van der Waals surface area contributed by atoms with Crippen molar-refractivity contribution in [3.63, 3.8) is 0 Å². The van der Waals surface area contributed by atoms with Gasteiger partial charge in [0.05, 0.1) is 18.6 Å². The first-order chi connectivity index (χ1) is 20.5. The third-order valence-electron chi connectivity index (χ3n) is 6.81. The molecule has 0 fully saturated rings. The lowest BCUT2D eigenvalue weighted by Crippen LogP contribution is -2.47. The zero-order valence-corrected chi connectivity index (χ0v) is 24.1. The van der Waals surface area contributed by atoms with E-state index in [0.717, 1.165) is 19.3 Å². The maximum Gasteiger partial charge on any atom is 0.326 e. The second kappa shape index (κ2) is 17.3. The molecule has 0 bridgehead atoms. The molecule has 6 N–H and O–H groups in total. The lowest BCUT2D eigenvalue weighted by atomic mass is 9.90. The lowest BCUT2D eigenvalue weighted by molar-refractivity contribution is -0.168. The summed E-state index contributed by atoms with van der Waals surface area (Å²) in [6, 6.07) is 6.84. The summed E-state index contributed by atoms with van der Waals surface area (Å²) >= 11 is 0. The second-order valence-electron chi connectivity index (χ2n) is 9.82. The molecule has 1 aromatic carbocycles. The van der Waals surface area contributed by atoms with Gasteiger partial charge < -0.3 is 30.6 Å². The van der Waals surface area contributed by atoms with Crippen LogP contribution in [0.2, 0.25) is 0 Å². The van der Waals surface area contributed by atoms with E-state index in [4.69, 9.17) is 9.52 Å². The Labute approximate surface area is 248 Å². The Morgan fingerprint density at radius 3 is 2.21 bits per heavy atom. The Hall–Kier alpha value is -4.72. The second-order valence-corrected chi connectivity index (χ2v) is 9.82. The zero-order valence-electron chi connectivity index (χ0n) is 24.1. The maximum atomic E-state index is 12.9. The van der Waals surface area contributed by atoms with E-state index in [9.17, 15) is 39.1 Å². The Bertz CT molecular complexity index is 1260. The molecular weight excluding hydrogens is 564 g/mol. The molecule has 3 atom stereocenters. The molecule has 0 radical (unpaired) electrons. The van der Waals surface area contributed by atoms with Crippen molar-refractivity contribution in [2.45, 2.75) is 70.9 Å². The van der Waals surface area contributed by atoms with Crippen molar-refractivity contribution in [2.75, 3.05) is 6.67 Å². The number of carboxylic acids is 2. The maximum absolute atomic E-state index is 12.9. The van der Waals surface area contributed by atoms with Gasteiger partial charge in [0.25, 0.3) is 11.8 Å². The van der Waals surface area contributed by atoms with Gasteiger partial charge in [0.15, 0.2) is 5.76 Å². The first-order valence-electron chi connectivity index (χ1n) is 14.0. The summed E-state index contributed by atoms with van der Waals surface area (Å²) in [4.78, 5) is 71.1. The largest absolute Gasteiger partial charge is 0.481 e. The smallest absolute Gasteiger partial charge is 0.326 e. The van der Waals surface area contributed by atoms with E-state index >= 15 is 0 Å².